The molecule has 0 aliphatic carbocycles. The lowest BCUT2D eigenvalue weighted by Gasteiger charge is -2.12. The molecule has 0 saturated heterocycles. The third kappa shape index (κ3) is 5.10. The van der Waals surface area contributed by atoms with E-state index in [1.54, 1.807) is 5.48 Å². The molecule has 0 bridgehead atoms. The average Bonchev–Trinajstić information content (AvgIpc) is 3.12. The van der Waals surface area contributed by atoms with E-state index in [-0.39, 0.29) is 5.91 Å². The van der Waals surface area contributed by atoms with Crippen LogP contribution in [0, 0.1) is 0 Å². The third-order valence-electron chi connectivity index (χ3n) is 4.94. The maximum absolute atomic E-state index is 11.0. The van der Waals surface area contributed by atoms with Gasteiger partial charge in [-0.3, -0.25) is 10.0 Å². The lowest BCUT2D eigenvalue weighted by atomic mass is 10.0. The molecule has 28 heavy (non-hydrogen) atoms. The summed E-state index contributed by atoms with van der Waals surface area (Å²) in [5.41, 5.74) is 7.26. The highest BCUT2D eigenvalue weighted by Gasteiger charge is 2.06. The number of H-pyrrole nitrogens is 1. The van der Waals surface area contributed by atoms with Crippen LogP contribution in [0.5, 0.6) is 0 Å². The fourth-order valence-electron chi connectivity index (χ4n) is 3.30. The Morgan fingerprint density at radius 2 is 1.75 bits per heavy atom. The molecular formula is C22H28N4O2. The Labute approximate surface area is 165 Å². The van der Waals surface area contributed by atoms with Gasteiger partial charge in [0.1, 0.15) is 5.82 Å². The number of aromatic nitrogens is 2. The molecule has 1 amide bonds. The number of fused-ring (bicyclic) bond motifs is 1. The molecule has 0 atom stereocenters. The maximum Gasteiger partial charge on any atom is 0.243 e. The molecule has 1 aromatic heterocycles. The monoisotopic (exact) mass is 380 g/mol. The van der Waals surface area contributed by atoms with Crippen LogP contribution in [0.3, 0.4) is 0 Å². The van der Waals surface area contributed by atoms with Crippen LogP contribution in [0.25, 0.3) is 22.2 Å². The predicted molar refractivity (Wildman–Crippen MR) is 113 cm³/mol. The summed E-state index contributed by atoms with van der Waals surface area (Å²) >= 11 is 0. The zero-order valence-corrected chi connectivity index (χ0v) is 16.5. The standard InChI is InChI=1S/C22H28N4O2/c1-26(2)18-12-9-16(10-13-18)17-11-14-19-20(15-17)24-21(23-19)7-5-3-4-6-8-22(27)25-28/h9-15,28H,3-8H2,1-2H3,(H,23,24)(H,25,27). The van der Waals surface area contributed by atoms with Crippen LogP contribution in [0.1, 0.15) is 37.9 Å². The summed E-state index contributed by atoms with van der Waals surface area (Å²) in [5.74, 6) is 0.688. The molecule has 0 fully saturated rings. The number of unbranched alkanes of at least 4 members (excludes halogenated alkanes) is 3. The molecule has 6 nitrogen and oxygen atoms in total. The second-order valence-electron chi connectivity index (χ2n) is 7.31. The molecule has 1 heterocycles. The summed E-state index contributed by atoms with van der Waals surface area (Å²) in [7, 11) is 4.08. The van der Waals surface area contributed by atoms with Crippen molar-refractivity contribution in [2.24, 2.45) is 0 Å². The molecule has 148 valence electrons. The summed E-state index contributed by atoms with van der Waals surface area (Å²) in [6.45, 7) is 0. The van der Waals surface area contributed by atoms with Gasteiger partial charge in [0.2, 0.25) is 5.91 Å². The van der Waals surface area contributed by atoms with Gasteiger partial charge in [-0.15, -0.1) is 0 Å². The zero-order chi connectivity index (χ0) is 19.9. The molecule has 0 saturated carbocycles. The number of nitrogens with zero attached hydrogens (tertiary/aromatic N) is 2. The van der Waals surface area contributed by atoms with E-state index in [0.717, 1.165) is 49.0 Å². The molecule has 0 radical (unpaired) electrons. The number of benzene rings is 2. The van der Waals surface area contributed by atoms with Gasteiger partial charge in [0.05, 0.1) is 11.0 Å². The van der Waals surface area contributed by atoms with Crippen LogP contribution >= 0.6 is 0 Å². The predicted octanol–water partition coefficient (Wildman–Crippen LogP) is 4.29. The van der Waals surface area contributed by atoms with Gasteiger partial charge in [0, 0.05) is 32.6 Å². The molecular weight excluding hydrogens is 352 g/mol. The largest absolute Gasteiger partial charge is 0.378 e. The van der Waals surface area contributed by atoms with Crippen LogP contribution in [-0.4, -0.2) is 35.2 Å². The van der Waals surface area contributed by atoms with Gasteiger partial charge in [0.25, 0.3) is 0 Å². The summed E-state index contributed by atoms with van der Waals surface area (Å²) in [6.07, 6.45) is 5.11. The number of aromatic amines is 1. The van der Waals surface area contributed by atoms with Gasteiger partial charge in [-0.2, -0.15) is 0 Å². The number of rotatable bonds is 9. The van der Waals surface area contributed by atoms with E-state index in [4.69, 9.17) is 5.21 Å². The van der Waals surface area contributed by atoms with Gasteiger partial charge in [-0.1, -0.05) is 31.0 Å². The number of imidazole rings is 1. The highest BCUT2D eigenvalue weighted by atomic mass is 16.5. The lowest BCUT2D eigenvalue weighted by molar-refractivity contribution is -0.129. The Morgan fingerprint density at radius 3 is 2.46 bits per heavy atom. The van der Waals surface area contributed by atoms with Gasteiger partial charge in [0.15, 0.2) is 0 Å². The topological polar surface area (TPSA) is 81.2 Å². The van der Waals surface area contributed by atoms with E-state index >= 15 is 0 Å². The van der Waals surface area contributed by atoms with Crippen LogP contribution in [0.2, 0.25) is 0 Å². The number of hydrogen-bond donors (Lipinski definition) is 3. The second kappa shape index (κ2) is 9.37. The highest BCUT2D eigenvalue weighted by molar-refractivity contribution is 5.82. The van der Waals surface area contributed by atoms with Gasteiger partial charge in [-0.05, 0) is 48.2 Å². The third-order valence-corrected chi connectivity index (χ3v) is 4.94. The number of aryl methyl sites for hydroxylation is 1. The minimum absolute atomic E-state index is 0.315. The SMILES string of the molecule is CN(C)c1ccc(-c2ccc3nc(CCCCCCC(=O)NO)[nH]c3c2)cc1. The highest BCUT2D eigenvalue weighted by Crippen LogP contribution is 2.25. The molecule has 0 aliphatic rings. The van der Waals surface area contributed by atoms with E-state index in [2.05, 4.69) is 57.3 Å². The van der Waals surface area contributed by atoms with Crippen LogP contribution in [0.15, 0.2) is 42.5 Å². The number of anilines is 1. The summed E-state index contributed by atoms with van der Waals surface area (Å²) < 4.78 is 0. The molecule has 6 heteroatoms. The van der Waals surface area contributed by atoms with Crippen molar-refractivity contribution in [2.75, 3.05) is 19.0 Å². The Balaban J connectivity index is 1.57. The number of carbonyl (C=O) groups is 1. The molecule has 0 unspecified atom stereocenters. The Morgan fingerprint density at radius 1 is 1.04 bits per heavy atom. The minimum atomic E-state index is -0.315. The first-order valence-electron chi connectivity index (χ1n) is 9.76. The van der Waals surface area contributed by atoms with Crippen molar-refractivity contribution in [3.05, 3.63) is 48.3 Å². The minimum Gasteiger partial charge on any atom is -0.378 e. The van der Waals surface area contributed by atoms with Gasteiger partial charge < -0.3 is 9.88 Å². The second-order valence-corrected chi connectivity index (χ2v) is 7.31. The fraction of sp³-hybridized carbons (Fsp3) is 0.364. The van der Waals surface area contributed by atoms with Crippen molar-refractivity contribution < 1.29 is 10.0 Å². The van der Waals surface area contributed by atoms with Crippen LogP contribution < -0.4 is 10.4 Å². The van der Waals surface area contributed by atoms with E-state index in [1.165, 1.54) is 16.8 Å². The van der Waals surface area contributed by atoms with E-state index < -0.39 is 0 Å². The van der Waals surface area contributed by atoms with Gasteiger partial charge in [-0.25, -0.2) is 10.5 Å². The first-order valence-corrected chi connectivity index (χ1v) is 9.76. The smallest absolute Gasteiger partial charge is 0.243 e. The van der Waals surface area contributed by atoms with Crippen molar-refractivity contribution in [1.82, 2.24) is 15.4 Å². The average molecular weight is 380 g/mol. The first kappa shape index (κ1) is 19.9. The summed E-state index contributed by atoms with van der Waals surface area (Å²) in [4.78, 5) is 21.2. The Bertz CT molecular complexity index is 916. The number of hydrogen-bond acceptors (Lipinski definition) is 4. The quantitative estimate of drug-likeness (QED) is 0.294. The molecule has 3 rings (SSSR count). The first-order chi connectivity index (χ1) is 13.6. The van der Waals surface area contributed by atoms with Crippen molar-refractivity contribution >= 4 is 22.6 Å². The van der Waals surface area contributed by atoms with Crippen molar-refractivity contribution in [3.63, 3.8) is 0 Å². The van der Waals surface area contributed by atoms with Crippen molar-refractivity contribution in [3.8, 4) is 11.1 Å². The molecule has 3 aromatic rings. The number of nitrogens with one attached hydrogen (secondary N) is 2. The van der Waals surface area contributed by atoms with Crippen molar-refractivity contribution in [2.45, 2.75) is 38.5 Å². The Kier molecular flexibility index (Phi) is 6.66. The number of hydroxylamine groups is 1. The number of amides is 1. The zero-order valence-electron chi connectivity index (χ0n) is 16.5. The maximum atomic E-state index is 11.0. The van der Waals surface area contributed by atoms with E-state index in [9.17, 15) is 4.79 Å². The fourth-order valence-corrected chi connectivity index (χ4v) is 3.30. The summed E-state index contributed by atoms with van der Waals surface area (Å²) in [5, 5.41) is 8.47. The van der Waals surface area contributed by atoms with E-state index in [1.807, 2.05) is 14.1 Å². The lowest BCUT2D eigenvalue weighted by Crippen LogP contribution is -2.17. The molecule has 0 spiro atoms. The van der Waals surface area contributed by atoms with Gasteiger partial charge >= 0.3 is 0 Å². The van der Waals surface area contributed by atoms with Crippen LogP contribution in [0.4, 0.5) is 5.69 Å². The molecule has 0 aliphatic heterocycles. The van der Waals surface area contributed by atoms with Crippen molar-refractivity contribution in [1.29, 1.82) is 0 Å². The van der Waals surface area contributed by atoms with E-state index in [0.29, 0.717) is 6.42 Å². The summed E-state index contributed by atoms with van der Waals surface area (Å²) in [6, 6.07) is 14.9. The van der Waals surface area contributed by atoms with Crippen LogP contribution in [-0.2, 0) is 11.2 Å². The molecule has 2 aromatic carbocycles. The number of carbonyl (C=O) groups excluding carboxylic acids is 1. The normalized spacial score (nSPS) is 11.0. The molecule has 3 N–H and O–H groups in total. The Hall–Kier alpha value is -2.86.